The van der Waals surface area contributed by atoms with Gasteiger partial charge in [0.1, 0.15) is 11.5 Å². The number of anilines is 1. The molecular weight excluding hydrogens is 405 g/mol. The van der Waals surface area contributed by atoms with Crippen molar-refractivity contribution in [2.75, 3.05) is 5.73 Å². The van der Waals surface area contributed by atoms with Gasteiger partial charge in [0.2, 0.25) is 0 Å². The van der Waals surface area contributed by atoms with Crippen molar-refractivity contribution in [3.8, 4) is 17.1 Å². The lowest BCUT2D eigenvalue weighted by Gasteiger charge is -2.07. The minimum Gasteiger partial charge on any atom is -0.398 e. The van der Waals surface area contributed by atoms with Crippen molar-refractivity contribution in [3.05, 3.63) is 51.2 Å². The molecule has 0 atom stereocenters. The lowest BCUT2D eigenvalue weighted by molar-refractivity contribution is 0.607. The first-order valence-corrected chi connectivity index (χ1v) is 7.44. The van der Waals surface area contributed by atoms with Crippen molar-refractivity contribution < 1.29 is 4.39 Å². The van der Waals surface area contributed by atoms with Crippen LogP contribution in [0.1, 0.15) is 0 Å². The van der Waals surface area contributed by atoms with Crippen molar-refractivity contribution >= 4 is 37.5 Å². The molecule has 0 fully saturated rings. The van der Waals surface area contributed by atoms with Crippen molar-refractivity contribution in [1.29, 1.82) is 0 Å². The molecule has 8 heteroatoms. The maximum Gasteiger partial charge on any atom is 0.187 e. The standard InChI is InChI=1S/C13H8Br2FN5/c14-8-2-4-12(10(16)6-8)21-13(18-19-20-21)7-1-3-9(15)11(17)5-7/h1-6H,17H2. The topological polar surface area (TPSA) is 69.6 Å². The fourth-order valence-corrected chi connectivity index (χ4v) is 2.45. The van der Waals surface area contributed by atoms with Crippen molar-refractivity contribution in [2.24, 2.45) is 0 Å². The number of rotatable bonds is 2. The number of halogens is 3. The Morgan fingerprint density at radius 1 is 1.10 bits per heavy atom. The van der Waals surface area contributed by atoms with E-state index in [1.807, 2.05) is 0 Å². The highest BCUT2D eigenvalue weighted by Crippen LogP contribution is 2.27. The first kappa shape index (κ1) is 14.2. The zero-order chi connectivity index (χ0) is 15.0. The van der Waals surface area contributed by atoms with Gasteiger partial charge in [-0.15, -0.1) is 5.10 Å². The summed E-state index contributed by atoms with van der Waals surface area (Å²) in [6.07, 6.45) is 0. The molecule has 0 amide bonds. The van der Waals surface area contributed by atoms with E-state index in [4.69, 9.17) is 5.73 Å². The van der Waals surface area contributed by atoms with Gasteiger partial charge in [-0.05, 0) is 62.8 Å². The molecule has 0 aliphatic carbocycles. The Labute approximate surface area is 136 Å². The van der Waals surface area contributed by atoms with Crippen molar-refractivity contribution in [2.45, 2.75) is 0 Å². The molecule has 1 aromatic heterocycles. The van der Waals surface area contributed by atoms with Gasteiger partial charge in [0.05, 0.1) is 0 Å². The lowest BCUT2D eigenvalue weighted by Crippen LogP contribution is -2.03. The molecule has 2 aromatic carbocycles. The highest BCUT2D eigenvalue weighted by Gasteiger charge is 2.15. The molecule has 0 spiro atoms. The molecule has 5 nitrogen and oxygen atoms in total. The normalized spacial score (nSPS) is 10.8. The lowest BCUT2D eigenvalue weighted by atomic mass is 10.2. The molecule has 0 saturated carbocycles. The van der Waals surface area contributed by atoms with Gasteiger partial charge in [-0.3, -0.25) is 0 Å². The number of nitrogens with zero attached hydrogens (tertiary/aromatic N) is 4. The van der Waals surface area contributed by atoms with Crippen molar-refractivity contribution in [1.82, 2.24) is 20.2 Å². The van der Waals surface area contributed by atoms with Crippen LogP contribution in [-0.4, -0.2) is 20.2 Å². The van der Waals surface area contributed by atoms with E-state index in [-0.39, 0.29) is 5.69 Å². The largest absolute Gasteiger partial charge is 0.398 e. The number of hydrogen-bond acceptors (Lipinski definition) is 4. The van der Waals surface area contributed by atoms with Crippen LogP contribution in [0.25, 0.3) is 17.1 Å². The van der Waals surface area contributed by atoms with Gasteiger partial charge in [0.15, 0.2) is 5.82 Å². The van der Waals surface area contributed by atoms with Crippen LogP contribution in [0, 0.1) is 5.82 Å². The second-order valence-corrected chi connectivity index (χ2v) is 6.02. The summed E-state index contributed by atoms with van der Waals surface area (Å²) in [5.74, 6) is -0.0153. The number of benzene rings is 2. The average molecular weight is 413 g/mol. The zero-order valence-electron chi connectivity index (χ0n) is 10.5. The molecule has 1 heterocycles. The number of nitrogen functional groups attached to an aromatic ring is 1. The minimum absolute atomic E-state index is 0.264. The Hall–Kier alpha value is -1.80. The Balaban J connectivity index is 2.14. The zero-order valence-corrected chi connectivity index (χ0v) is 13.6. The molecular formula is C13H8Br2FN5. The third-order valence-electron chi connectivity index (χ3n) is 2.86. The molecule has 3 aromatic rings. The Bertz CT molecular complexity index is 818. The second-order valence-electron chi connectivity index (χ2n) is 4.25. The average Bonchev–Trinajstić information content (AvgIpc) is 2.91. The number of tetrazole rings is 1. The Morgan fingerprint density at radius 2 is 1.90 bits per heavy atom. The molecule has 0 aliphatic rings. The summed E-state index contributed by atoms with van der Waals surface area (Å²) in [6.45, 7) is 0. The molecule has 21 heavy (non-hydrogen) atoms. The first-order chi connectivity index (χ1) is 10.1. The summed E-state index contributed by atoms with van der Waals surface area (Å²) in [5, 5.41) is 11.4. The summed E-state index contributed by atoms with van der Waals surface area (Å²) in [4.78, 5) is 0. The molecule has 0 radical (unpaired) electrons. The van der Waals surface area contributed by atoms with E-state index in [0.29, 0.717) is 21.5 Å². The highest BCUT2D eigenvalue weighted by atomic mass is 79.9. The van der Waals surface area contributed by atoms with Gasteiger partial charge in [-0.2, -0.15) is 4.68 Å². The van der Waals surface area contributed by atoms with E-state index in [2.05, 4.69) is 47.4 Å². The predicted octanol–water partition coefficient (Wildman–Crippen LogP) is 3.58. The van der Waals surface area contributed by atoms with Gasteiger partial charge in [0, 0.05) is 20.2 Å². The first-order valence-electron chi connectivity index (χ1n) is 5.85. The van der Waals surface area contributed by atoms with Crippen LogP contribution in [0.3, 0.4) is 0 Å². The van der Waals surface area contributed by atoms with E-state index >= 15 is 0 Å². The molecule has 3 rings (SSSR count). The fourth-order valence-electron chi connectivity index (χ4n) is 1.87. The Morgan fingerprint density at radius 3 is 2.62 bits per heavy atom. The van der Waals surface area contributed by atoms with E-state index in [9.17, 15) is 4.39 Å². The van der Waals surface area contributed by atoms with Crippen LogP contribution in [0.4, 0.5) is 10.1 Å². The van der Waals surface area contributed by atoms with Gasteiger partial charge in [-0.1, -0.05) is 15.9 Å². The number of nitrogens with two attached hydrogens (primary N) is 1. The maximum absolute atomic E-state index is 14.1. The summed E-state index contributed by atoms with van der Waals surface area (Å²) in [7, 11) is 0. The van der Waals surface area contributed by atoms with Crippen LogP contribution in [0.15, 0.2) is 45.3 Å². The number of aromatic nitrogens is 4. The highest BCUT2D eigenvalue weighted by molar-refractivity contribution is 9.10. The SMILES string of the molecule is Nc1cc(-c2nnnn2-c2ccc(Br)cc2F)ccc1Br. The molecule has 0 bridgehead atoms. The van der Waals surface area contributed by atoms with E-state index in [1.165, 1.54) is 10.7 Å². The molecule has 0 saturated heterocycles. The molecule has 0 aliphatic heterocycles. The van der Waals surface area contributed by atoms with Crippen LogP contribution < -0.4 is 5.73 Å². The van der Waals surface area contributed by atoms with Gasteiger partial charge in [0.25, 0.3) is 0 Å². The van der Waals surface area contributed by atoms with Gasteiger partial charge < -0.3 is 5.73 Å². The molecule has 0 unspecified atom stereocenters. The molecule has 106 valence electrons. The van der Waals surface area contributed by atoms with Crippen LogP contribution in [0.2, 0.25) is 0 Å². The summed E-state index contributed by atoms with van der Waals surface area (Å²) in [6, 6.07) is 10.0. The van der Waals surface area contributed by atoms with Crippen LogP contribution >= 0.6 is 31.9 Å². The van der Waals surface area contributed by atoms with Crippen molar-refractivity contribution in [3.63, 3.8) is 0 Å². The van der Waals surface area contributed by atoms with Crippen LogP contribution in [-0.2, 0) is 0 Å². The number of hydrogen-bond donors (Lipinski definition) is 1. The quantitative estimate of drug-likeness (QED) is 0.653. The second kappa shape index (κ2) is 5.53. The summed E-state index contributed by atoms with van der Waals surface area (Å²) >= 11 is 6.54. The van der Waals surface area contributed by atoms with Crippen LogP contribution in [0.5, 0.6) is 0 Å². The third-order valence-corrected chi connectivity index (χ3v) is 4.08. The third kappa shape index (κ3) is 2.68. The van der Waals surface area contributed by atoms with E-state index in [1.54, 1.807) is 30.3 Å². The summed E-state index contributed by atoms with van der Waals surface area (Å²) < 4.78 is 16.8. The predicted molar refractivity (Wildman–Crippen MR) is 84.4 cm³/mol. The fraction of sp³-hybridized carbons (Fsp3) is 0. The van der Waals surface area contributed by atoms with E-state index in [0.717, 1.165) is 4.47 Å². The summed E-state index contributed by atoms with van der Waals surface area (Å²) in [5.41, 5.74) is 7.38. The van der Waals surface area contributed by atoms with Gasteiger partial charge in [-0.25, -0.2) is 4.39 Å². The minimum atomic E-state index is -0.428. The monoisotopic (exact) mass is 411 g/mol. The molecule has 2 N–H and O–H groups in total. The smallest absolute Gasteiger partial charge is 0.187 e. The maximum atomic E-state index is 14.1. The Kier molecular flexibility index (Phi) is 3.73. The van der Waals surface area contributed by atoms with Gasteiger partial charge >= 0.3 is 0 Å². The van der Waals surface area contributed by atoms with E-state index < -0.39 is 5.82 Å².